The maximum Gasteiger partial charge on any atom is 0.224 e. The SMILES string of the molecule is CCCCC(NC)c1ccc2c(c1)CCCC(=O)N2. The number of aryl methyl sites for hydroxylation is 1. The Morgan fingerprint density at radius 2 is 2.21 bits per heavy atom. The highest BCUT2D eigenvalue weighted by Crippen LogP contribution is 2.27. The van der Waals surface area contributed by atoms with Crippen molar-refractivity contribution in [1.82, 2.24) is 5.32 Å². The summed E-state index contributed by atoms with van der Waals surface area (Å²) < 4.78 is 0. The van der Waals surface area contributed by atoms with Gasteiger partial charge in [-0.2, -0.15) is 0 Å². The van der Waals surface area contributed by atoms with Crippen molar-refractivity contribution in [3.63, 3.8) is 0 Å². The van der Waals surface area contributed by atoms with Crippen LogP contribution in [-0.2, 0) is 11.2 Å². The number of nitrogens with one attached hydrogen (secondary N) is 2. The van der Waals surface area contributed by atoms with E-state index >= 15 is 0 Å². The van der Waals surface area contributed by atoms with Crippen LogP contribution in [0.3, 0.4) is 0 Å². The van der Waals surface area contributed by atoms with Crippen LogP contribution in [-0.4, -0.2) is 13.0 Å². The van der Waals surface area contributed by atoms with Crippen molar-refractivity contribution < 1.29 is 4.79 Å². The molecule has 3 heteroatoms. The lowest BCUT2D eigenvalue weighted by Crippen LogP contribution is -2.16. The number of hydrogen-bond acceptors (Lipinski definition) is 2. The average Bonchev–Trinajstić information content (AvgIpc) is 2.60. The van der Waals surface area contributed by atoms with E-state index in [4.69, 9.17) is 0 Å². The largest absolute Gasteiger partial charge is 0.326 e. The predicted molar refractivity (Wildman–Crippen MR) is 79.3 cm³/mol. The Bertz CT molecular complexity index is 442. The molecule has 1 aromatic rings. The van der Waals surface area contributed by atoms with E-state index in [0.717, 1.165) is 24.9 Å². The number of carbonyl (C=O) groups is 1. The minimum atomic E-state index is 0.141. The van der Waals surface area contributed by atoms with Gasteiger partial charge < -0.3 is 10.6 Å². The summed E-state index contributed by atoms with van der Waals surface area (Å²) >= 11 is 0. The molecule has 19 heavy (non-hydrogen) atoms. The average molecular weight is 260 g/mol. The van der Waals surface area contributed by atoms with Crippen molar-refractivity contribution in [2.75, 3.05) is 12.4 Å². The summed E-state index contributed by atoms with van der Waals surface area (Å²) in [7, 11) is 2.02. The molecule has 0 spiro atoms. The number of unbranched alkanes of at least 4 members (excludes halogenated alkanes) is 1. The fourth-order valence-corrected chi connectivity index (χ4v) is 2.70. The number of anilines is 1. The first-order valence-electron chi connectivity index (χ1n) is 7.34. The van der Waals surface area contributed by atoms with E-state index in [9.17, 15) is 4.79 Å². The molecule has 2 rings (SSSR count). The molecule has 0 saturated carbocycles. The van der Waals surface area contributed by atoms with Crippen molar-refractivity contribution >= 4 is 11.6 Å². The third kappa shape index (κ3) is 3.57. The minimum absolute atomic E-state index is 0.141. The second-order valence-corrected chi connectivity index (χ2v) is 5.30. The van der Waals surface area contributed by atoms with Crippen molar-refractivity contribution in [3.05, 3.63) is 29.3 Å². The third-order valence-corrected chi connectivity index (χ3v) is 3.85. The molecule has 1 heterocycles. The molecule has 0 radical (unpaired) electrons. The fraction of sp³-hybridized carbons (Fsp3) is 0.562. The molecule has 0 fully saturated rings. The molecule has 0 aliphatic carbocycles. The highest BCUT2D eigenvalue weighted by atomic mass is 16.1. The monoisotopic (exact) mass is 260 g/mol. The van der Waals surface area contributed by atoms with Gasteiger partial charge in [0.1, 0.15) is 0 Å². The van der Waals surface area contributed by atoms with Crippen LogP contribution >= 0.6 is 0 Å². The van der Waals surface area contributed by atoms with E-state index in [0.29, 0.717) is 12.5 Å². The van der Waals surface area contributed by atoms with Gasteiger partial charge in [0.2, 0.25) is 5.91 Å². The summed E-state index contributed by atoms with van der Waals surface area (Å²) in [5.41, 5.74) is 3.61. The van der Waals surface area contributed by atoms with E-state index < -0.39 is 0 Å². The summed E-state index contributed by atoms with van der Waals surface area (Å²) in [6.07, 6.45) is 6.19. The van der Waals surface area contributed by atoms with Gasteiger partial charge in [-0.15, -0.1) is 0 Å². The number of carbonyl (C=O) groups excluding carboxylic acids is 1. The summed E-state index contributed by atoms with van der Waals surface area (Å²) in [5.74, 6) is 0.141. The van der Waals surface area contributed by atoms with E-state index in [2.05, 4.69) is 35.8 Å². The molecule has 2 N–H and O–H groups in total. The van der Waals surface area contributed by atoms with Gasteiger partial charge in [0.25, 0.3) is 0 Å². The van der Waals surface area contributed by atoms with Crippen LogP contribution in [0, 0.1) is 0 Å². The van der Waals surface area contributed by atoms with Crippen LogP contribution in [0.1, 0.15) is 56.2 Å². The molecule has 104 valence electrons. The number of benzene rings is 1. The van der Waals surface area contributed by atoms with Crippen LogP contribution in [0.4, 0.5) is 5.69 Å². The fourth-order valence-electron chi connectivity index (χ4n) is 2.70. The zero-order valence-electron chi connectivity index (χ0n) is 12.0. The Labute approximate surface area is 115 Å². The minimum Gasteiger partial charge on any atom is -0.326 e. The van der Waals surface area contributed by atoms with Gasteiger partial charge in [-0.1, -0.05) is 31.9 Å². The normalized spacial score (nSPS) is 16.4. The molecule has 1 aromatic carbocycles. The first-order chi connectivity index (χ1) is 9.24. The number of hydrogen-bond donors (Lipinski definition) is 2. The van der Waals surface area contributed by atoms with Gasteiger partial charge in [0, 0.05) is 18.2 Å². The maximum atomic E-state index is 11.5. The molecular formula is C16H24N2O. The lowest BCUT2D eigenvalue weighted by atomic mass is 9.97. The Kier molecular flexibility index (Phi) is 4.97. The summed E-state index contributed by atoms with van der Waals surface area (Å²) in [5, 5.41) is 6.39. The predicted octanol–water partition coefficient (Wildman–Crippen LogP) is 3.41. The van der Waals surface area contributed by atoms with Crippen LogP contribution in [0.15, 0.2) is 18.2 Å². The Morgan fingerprint density at radius 1 is 1.37 bits per heavy atom. The van der Waals surface area contributed by atoms with Crippen molar-refractivity contribution in [1.29, 1.82) is 0 Å². The van der Waals surface area contributed by atoms with E-state index in [-0.39, 0.29) is 5.91 Å². The van der Waals surface area contributed by atoms with Crippen LogP contribution in [0.25, 0.3) is 0 Å². The molecule has 3 nitrogen and oxygen atoms in total. The van der Waals surface area contributed by atoms with Crippen molar-refractivity contribution in [2.45, 2.75) is 51.5 Å². The van der Waals surface area contributed by atoms with E-state index in [1.165, 1.54) is 24.0 Å². The molecule has 1 unspecified atom stereocenters. The molecule has 1 atom stereocenters. The van der Waals surface area contributed by atoms with Crippen molar-refractivity contribution in [2.24, 2.45) is 0 Å². The van der Waals surface area contributed by atoms with E-state index in [1.54, 1.807) is 0 Å². The first kappa shape index (κ1) is 14.1. The topological polar surface area (TPSA) is 41.1 Å². The van der Waals surface area contributed by atoms with Gasteiger partial charge >= 0.3 is 0 Å². The smallest absolute Gasteiger partial charge is 0.224 e. The van der Waals surface area contributed by atoms with Gasteiger partial charge in [0.05, 0.1) is 0 Å². The Hall–Kier alpha value is -1.35. The zero-order valence-corrected chi connectivity index (χ0v) is 12.0. The van der Waals surface area contributed by atoms with Gasteiger partial charge in [-0.3, -0.25) is 4.79 Å². The van der Waals surface area contributed by atoms with Crippen LogP contribution < -0.4 is 10.6 Å². The Morgan fingerprint density at radius 3 is 2.95 bits per heavy atom. The molecule has 1 aliphatic heterocycles. The van der Waals surface area contributed by atoms with Gasteiger partial charge in [-0.05, 0) is 43.5 Å². The molecule has 0 bridgehead atoms. The van der Waals surface area contributed by atoms with E-state index in [1.807, 2.05) is 7.05 Å². The molecule has 0 aromatic heterocycles. The molecular weight excluding hydrogens is 236 g/mol. The van der Waals surface area contributed by atoms with Gasteiger partial charge in [-0.25, -0.2) is 0 Å². The quantitative estimate of drug-likeness (QED) is 0.851. The number of rotatable bonds is 5. The standard InChI is InChI=1S/C16H24N2O/c1-3-4-7-14(17-2)13-9-10-15-12(11-13)6-5-8-16(19)18-15/h9-11,14,17H,3-8H2,1-2H3,(H,18,19). The summed E-state index contributed by atoms with van der Waals surface area (Å²) in [4.78, 5) is 11.5. The lowest BCUT2D eigenvalue weighted by molar-refractivity contribution is -0.116. The molecule has 1 aliphatic rings. The third-order valence-electron chi connectivity index (χ3n) is 3.85. The Balaban J connectivity index is 2.19. The second-order valence-electron chi connectivity index (χ2n) is 5.30. The van der Waals surface area contributed by atoms with Gasteiger partial charge in [0.15, 0.2) is 0 Å². The second kappa shape index (κ2) is 6.71. The molecule has 0 saturated heterocycles. The highest BCUT2D eigenvalue weighted by Gasteiger charge is 2.15. The summed E-state index contributed by atoms with van der Waals surface area (Å²) in [6.45, 7) is 2.22. The summed E-state index contributed by atoms with van der Waals surface area (Å²) in [6, 6.07) is 6.88. The van der Waals surface area contributed by atoms with Crippen molar-refractivity contribution in [3.8, 4) is 0 Å². The zero-order chi connectivity index (χ0) is 13.7. The highest BCUT2D eigenvalue weighted by molar-refractivity contribution is 5.92. The molecule has 1 amide bonds. The van der Waals surface area contributed by atoms with Crippen LogP contribution in [0.5, 0.6) is 0 Å². The lowest BCUT2D eigenvalue weighted by Gasteiger charge is -2.18. The maximum absolute atomic E-state index is 11.5. The number of amides is 1. The van der Waals surface area contributed by atoms with Crippen LogP contribution in [0.2, 0.25) is 0 Å². The first-order valence-corrected chi connectivity index (χ1v) is 7.34. The number of fused-ring (bicyclic) bond motifs is 1.